The van der Waals surface area contributed by atoms with Gasteiger partial charge in [0.2, 0.25) is 0 Å². The van der Waals surface area contributed by atoms with E-state index in [4.69, 9.17) is 10.2 Å². The van der Waals surface area contributed by atoms with Crippen molar-refractivity contribution in [1.82, 2.24) is 0 Å². The fraction of sp³-hybridized carbons (Fsp3) is 0.714. The second-order valence-electron chi connectivity index (χ2n) is 3.76. The summed E-state index contributed by atoms with van der Waals surface area (Å²) in [5.41, 5.74) is 0. The van der Waals surface area contributed by atoms with E-state index in [9.17, 15) is 0 Å². The van der Waals surface area contributed by atoms with Crippen molar-refractivity contribution in [2.45, 2.75) is 65.2 Å². The van der Waals surface area contributed by atoms with Gasteiger partial charge in [-0.3, -0.25) is 0 Å². The molecular formula is C14H28O2. The molecule has 2 heteroatoms. The fourth-order valence-electron chi connectivity index (χ4n) is 1.17. The molecule has 0 unspecified atom stereocenters. The third-order valence-corrected chi connectivity index (χ3v) is 2.16. The second-order valence-corrected chi connectivity index (χ2v) is 3.76. The van der Waals surface area contributed by atoms with Crippen LogP contribution in [0.1, 0.15) is 65.2 Å². The molecule has 0 aromatic rings. The summed E-state index contributed by atoms with van der Waals surface area (Å²) in [6, 6.07) is 0. The molecule has 0 amide bonds. The highest BCUT2D eigenvalue weighted by atomic mass is 16.2. The largest absolute Gasteiger partial charge is 0.516 e. The van der Waals surface area contributed by atoms with Gasteiger partial charge < -0.3 is 10.2 Å². The van der Waals surface area contributed by atoms with Gasteiger partial charge in [0.25, 0.3) is 0 Å². The quantitative estimate of drug-likeness (QED) is 0.438. The van der Waals surface area contributed by atoms with E-state index in [1.54, 1.807) is 12.2 Å². The van der Waals surface area contributed by atoms with E-state index in [1.165, 1.54) is 38.5 Å². The molecule has 16 heavy (non-hydrogen) atoms. The zero-order valence-corrected chi connectivity index (χ0v) is 10.9. The van der Waals surface area contributed by atoms with Gasteiger partial charge in [0.15, 0.2) is 0 Å². The standard InChI is InChI=1S/2C7H14O/c2*1-2-3-4-5-6-7-8/h2*6-8H,2-5H2,1H3/b7-6-;. The molecule has 0 rings (SSSR count). The summed E-state index contributed by atoms with van der Waals surface area (Å²) in [6.45, 7) is 4.34. The Hall–Kier alpha value is -0.920. The lowest BCUT2D eigenvalue weighted by atomic mass is 10.2. The van der Waals surface area contributed by atoms with Gasteiger partial charge in [0, 0.05) is 0 Å². The van der Waals surface area contributed by atoms with Crippen molar-refractivity contribution in [2.75, 3.05) is 0 Å². The summed E-state index contributed by atoms with van der Waals surface area (Å²) in [6.07, 6.45) is 15.3. The van der Waals surface area contributed by atoms with E-state index < -0.39 is 0 Å². The lowest BCUT2D eigenvalue weighted by molar-refractivity contribution is 0.469. The number of aliphatic hydroxyl groups excluding tert-OH is 2. The Morgan fingerprint density at radius 1 is 0.688 bits per heavy atom. The molecule has 0 aliphatic carbocycles. The summed E-state index contributed by atoms with van der Waals surface area (Å²) in [5, 5.41) is 16.4. The van der Waals surface area contributed by atoms with E-state index in [0.717, 1.165) is 25.4 Å². The third-order valence-electron chi connectivity index (χ3n) is 2.16. The van der Waals surface area contributed by atoms with Crippen molar-refractivity contribution < 1.29 is 10.2 Å². The summed E-state index contributed by atoms with van der Waals surface area (Å²) in [5.74, 6) is 0. The van der Waals surface area contributed by atoms with Crippen molar-refractivity contribution in [3.63, 3.8) is 0 Å². The van der Waals surface area contributed by atoms with Crippen LogP contribution in [0.2, 0.25) is 0 Å². The van der Waals surface area contributed by atoms with Gasteiger partial charge >= 0.3 is 0 Å². The maximum Gasteiger partial charge on any atom is 0.0751 e. The third kappa shape index (κ3) is 23.2. The Morgan fingerprint density at radius 2 is 1.06 bits per heavy atom. The zero-order valence-electron chi connectivity index (χ0n) is 10.9. The van der Waals surface area contributed by atoms with Gasteiger partial charge in [0.05, 0.1) is 12.5 Å². The van der Waals surface area contributed by atoms with Crippen molar-refractivity contribution in [3.8, 4) is 0 Å². The molecule has 0 heterocycles. The van der Waals surface area contributed by atoms with E-state index in [-0.39, 0.29) is 0 Å². The predicted octanol–water partition coefficient (Wildman–Crippen LogP) is 5.28. The van der Waals surface area contributed by atoms with E-state index >= 15 is 0 Å². The summed E-state index contributed by atoms with van der Waals surface area (Å²) >= 11 is 0. The normalized spacial score (nSPS) is 10.6. The highest BCUT2D eigenvalue weighted by Crippen LogP contribution is 1.98. The number of unbranched alkanes of at least 4 members (excludes halogenated alkanes) is 6. The van der Waals surface area contributed by atoms with Crippen LogP contribution >= 0.6 is 0 Å². The average molecular weight is 228 g/mol. The van der Waals surface area contributed by atoms with Crippen LogP contribution in [-0.4, -0.2) is 10.2 Å². The van der Waals surface area contributed by atoms with Crippen molar-refractivity contribution in [1.29, 1.82) is 0 Å². The minimum Gasteiger partial charge on any atom is -0.516 e. The van der Waals surface area contributed by atoms with Gasteiger partial charge in [-0.2, -0.15) is 0 Å². The first kappa shape index (κ1) is 17.5. The summed E-state index contributed by atoms with van der Waals surface area (Å²) < 4.78 is 0. The Labute approximate surface area is 101 Å². The first-order valence-corrected chi connectivity index (χ1v) is 6.41. The predicted molar refractivity (Wildman–Crippen MR) is 71.8 cm³/mol. The molecule has 0 fully saturated rings. The van der Waals surface area contributed by atoms with Crippen molar-refractivity contribution >= 4 is 0 Å². The number of hydrogen-bond donors (Lipinski definition) is 2. The Kier molecular flexibility index (Phi) is 21.4. The maximum atomic E-state index is 8.19. The molecule has 0 aliphatic heterocycles. The van der Waals surface area contributed by atoms with Crippen LogP contribution < -0.4 is 0 Å². The van der Waals surface area contributed by atoms with Crippen LogP contribution in [0, 0.1) is 0 Å². The molecule has 2 N–H and O–H groups in total. The first-order valence-electron chi connectivity index (χ1n) is 6.41. The van der Waals surface area contributed by atoms with Gasteiger partial charge in [-0.05, 0) is 25.7 Å². The molecular weight excluding hydrogens is 200 g/mol. The van der Waals surface area contributed by atoms with E-state index in [1.807, 2.05) is 0 Å². The number of aliphatic hydroxyl groups is 2. The number of rotatable bonds is 8. The van der Waals surface area contributed by atoms with Crippen LogP contribution in [0.25, 0.3) is 0 Å². The maximum absolute atomic E-state index is 8.19. The molecule has 0 spiro atoms. The molecule has 0 atom stereocenters. The lowest BCUT2D eigenvalue weighted by Crippen LogP contribution is -1.69. The van der Waals surface area contributed by atoms with E-state index in [0.29, 0.717) is 0 Å². The molecule has 0 bridgehead atoms. The molecule has 0 saturated carbocycles. The Bertz CT molecular complexity index is 133. The molecule has 96 valence electrons. The van der Waals surface area contributed by atoms with Crippen molar-refractivity contribution in [2.24, 2.45) is 0 Å². The van der Waals surface area contributed by atoms with Crippen LogP contribution in [0.15, 0.2) is 24.7 Å². The first-order chi connectivity index (χ1) is 7.83. The smallest absolute Gasteiger partial charge is 0.0751 e. The minimum absolute atomic E-state index is 1.02. The monoisotopic (exact) mass is 228 g/mol. The molecule has 0 radical (unpaired) electrons. The summed E-state index contributed by atoms with van der Waals surface area (Å²) in [4.78, 5) is 0. The summed E-state index contributed by atoms with van der Waals surface area (Å²) in [7, 11) is 0. The van der Waals surface area contributed by atoms with E-state index in [2.05, 4.69) is 13.8 Å². The van der Waals surface area contributed by atoms with Crippen molar-refractivity contribution in [3.05, 3.63) is 24.7 Å². The lowest BCUT2D eigenvalue weighted by Gasteiger charge is -1.88. The number of hydrogen-bond acceptors (Lipinski definition) is 2. The second kappa shape index (κ2) is 19.6. The SMILES string of the molecule is CCCCC/C=C\O.CCCCCC=CO. The highest BCUT2D eigenvalue weighted by Gasteiger charge is 1.79. The molecule has 0 aromatic carbocycles. The number of allylic oxidation sites excluding steroid dienone is 2. The molecule has 0 aliphatic rings. The Balaban J connectivity index is 0. The molecule has 2 nitrogen and oxygen atoms in total. The minimum atomic E-state index is 1.02. The van der Waals surface area contributed by atoms with Gasteiger partial charge in [-0.1, -0.05) is 51.7 Å². The van der Waals surface area contributed by atoms with Gasteiger partial charge in [-0.25, -0.2) is 0 Å². The highest BCUT2D eigenvalue weighted by molar-refractivity contribution is 4.70. The topological polar surface area (TPSA) is 40.5 Å². The van der Waals surface area contributed by atoms with Crippen LogP contribution in [0.5, 0.6) is 0 Å². The van der Waals surface area contributed by atoms with Crippen LogP contribution in [-0.2, 0) is 0 Å². The zero-order chi connectivity index (χ0) is 12.5. The van der Waals surface area contributed by atoms with Crippen LogP contribution in [0.3, 0.4) is 0 Å². The van der Waals surface area contributed by atoms with Gasteiger partial charge in [0.1, 0.15) is 0 Å². The molecule has 0 saturated heterocycles. The van der Waals surface area contributed by atoms with Crippen LogP contribution in [0.4, 0.5) is 0 Å². The Morgan fingerprint density at radius 3 is 1.31 bits per heavy atom. The molecule has 0 aromatic heterocycles. The fourth-order valence-corrected chi connectivity index (χ4v) is 1.17. The van der Waals surface area contributed by atoms with Gasteiger partial charge in [-0.15, -0.1) is 0 Å². The average Bonchev–Trinajstić information content (AvgIpc) is 2.31.